The normalized spacial score (nSPS) is 38.7. The lowest BCUT2D eigenvalue weighted by atomic mass is 9.77. The second kappa shape index (κ2) is 26.8. The maximum atomic E-state index is 14.5. The molecule has 2 bridgehead atoms. The number of cyclic esters (lactones) is 1. The zero-order valence-corrected chi connectivity index (χ0v) is 43.9. The van der Waals surface area contributed by atoms with E-state index in [1.54, 1.807) is 36.8 Å². The molecule has 15 nitrogen and oxygen atoms in total. The molecule has 69 heavy (non-hydrogen) atoms. The van der Waals surface area contributed by atoms with E-state index >= 15 is 0 Å². The standard InChI is InChI=1S/C53H83N5O10S/c1-33-16-12-11-13-17-35(3)41(31-69-10)30-42-22-20-39(7)53(64,68-42)50(61)51(62)57-25-15-14-18-44(57)52(63)67-45(24-19-34(2)27-38(6)48(60)49(66-9)47(59)37(5)26-33)36(4)28-40-21-23-43(46(29-40)65-8)58-32-54-55-56-58/h11-13,16-17,27,32-34,36-37,39-46,48-49,60,64H,14-15,18-26,28-31H2,1-10H3/b13-11+,16-12+,35-17+,38-27+/t33-,34+,36-,37-,39-,40+,41?,42+,43+,44+,45+,46-,48-,49+,53-/m1/s1. The number of tetrazole rings is 1. The Morgan fingerprint density at radius 2 is 1.67 bits per heavy atom. The Balaban J connectivity index is 1.44. The van der Waals surface area contributed by atoms with Crippen LogP contribution in [0.2, 0.25) is 0 Å². The SMILES string of the molecule is CO[C@@H]1C[C@H](C[C@@H](C)[C@@H]2CC[C@H](C)/C=C(\C)[C@@H](O)[C@@H](OC)C(=O)[C@H](C)C[C@H](C)/C=C/C=C/C=C(\C)C(CSC)C[C@@H]3CC[C@@H](C)[C@@](O)(O3)C(=O)C(=O)N3CCCC[C@H]3C(=O)O2)CC[C@@H]1n1cnnn1. The third-order valence-corrected chi connectivity index (χ3v) is 16.2. The van der Waals surface area contributed by atoms with Gasteiger partial charge in [-0.2, -0.15) is 11.8 Å². The van der Waals surface area contributed by atoms with Crippen molar-refractivity contribution in [2.45, 2.75) is 180 Å². The number of hydrogen-bond acceptors (Lipinski definition) is 14. The van der Waals surface area contributed by atoms with Gasteiger partial charge in [0, 0.05) is 32.6 Å². The lowest BCUT2D eigenvalue weighted by molar-refractivity contribution is -0.264. The fraction of sp³-hybridized carbons (Fsp3) is 0.755. The Hall–Kier alpha value is -3.54. The lowest BCUT2D eigenvalue weighted by Crippen LogP contribution is -2.60. The molecule has 5 rings (SSSR count). The van der Waals surface area contributed by atoms with Gasteiger partial charge in [-0.15, -0.1) is 5.10 Å². The van der Waals surface area contributed by atoms with E-state index in [0.717, 1.165) is 37.0 Å². The fourth-order valence-corrected chi connectivity index (χ4v) is 12.0. The number of nitrogens with zero attached hydrogens (tertiary/aromatic N) is 5. The third-order valence-electron chi connectivity index (χ3n) is 15.5. The number of aromatic nitrogens is 4. The molecule has 2 saturated heterocycles. The van der Waals surface area contributed by atoms with Crippen molar-refractivity contribution in [2.24, 2.45) is 41.4 Å². The molecular formula is C53H83N5O10S. The maximum absolute atomic E-state index is 14.5. The molecule has 3 fully saturated rings. The van der Waals surface area contributed by atoms with E-state index in [1.807, 2.05) is 51.3 Å². The molecule has 3 aliphatic heterocycles. The molecule has 1 saturated carbocycles. The third kappa shape index (κ3) is 15.0. The number of piperidine rings is 1. The van der Waals surface area contributed by atoms with Gasteiger partial charge in [0.05, 0.1) is 18.2 Å². The summed E-state index contributed by atoms with van der Waals surface area (Å²) in [5.74, 6) is -4.93. The Morgan fingerprint density at radius 3 is 2.36 bits per heavy atom. The van der Waals surface area contributed by atoms with Gasteiger partial charge in [-0.3, -0.25) is 14.4 Å². The van der Waals surface area contributed by atoms with Crippen LogP contribution >= 0.6 is 11.8 Å². The highest BCUT2D eigenvalue weighted by atomic mass is 32.2. The average Bonchev–Trinajstić information content (AvgIpc) is 3.88. The topological polar surface area (TPSA) is 192 Å². The van der Waals surface area contributed by atoms with Crippen LogP contribution in [0.15, 0.2) is 53.9 Å². The summed E-state index contributed by atoms with van der Waals surface area (Å²) >= 11 is 1.71. The number of hydrogen-bond donors (Lipinski definition) is 2. The van der Waals surface area contributed by atoms with Crippen molar-refractivity contribution in [3.63, 3.8) is 0 Å². The van der Waals surface area contributed by atoms with E-state index in [0.29, 0.717) is 63.4 Å². The minimum absolute atomic E-state index is 0.0114. The van der Waals surface area contributed by atoms with E-state index in [1.165, 1.54) is 12.0 Å². The number of esters is 1. The van der Waals surface area contributed by atoms with Crippen molar-refractivity contribution in [1.29, 1.82) is 0 Å². The van der Waals surface area contributed by atoms with Crippen LogP contribution in [0.3, 0.4) is 0 Å². The molecule has 15 atom stereocenters. The van der Waals surface area contributed by atoms with Crippen LogP contribution in [0.5, 0.6) is 0 Å². The van der Waals surface area contributed by atoms with E-state index < -0.39 is 59.8 Å². The molecule has 4 heterocycles. The van der Waals surface area contributed by atoms with Gasteiger partial charge in [0.1, 0.15) is 30.7 Å². The highest BCUT2D eigenvalue weighted by Gasteiger charge is 2.53. The summed E-state index contributed by atoms with van der Waals surface area (Å²) in [6, 6.07) is -0.994. The fourth-order valence-electron chi connectivity index (χ4n) is 11.2. The van der Waals surface area contributed by atoms with E-state index in [4.69, 9.17) is 18.9 Å². The molecule has 16 heteroatoms. The predicted octanol–water partition coefficient (Wildman–Crippen LogP) is 7.83. The van der Waals surface area contributed by atoms with Gasteiger partial charge in [-0.25, -0.2) is 9.48 Å². The van der Waals surface area contributed by atoms with Crippen LogP contribution in [0, 0.1) is 41.4 Å². The molecule has 2 N–H and O–H groups in total. The van der Waals surface area contributed by atoms with E-state index in [2.05, 4.69) is 48.4 Å². The number of aliphatic hydroxyl groups excluding tert-OH is 1. The Morgan fingerprint density at radius 1 is 0.899 bits per heavy atom. The van der Waals surface area contributed by atoms with Crippen LogP contribution in [0.1, 0.15) is 138 Å². The number of carbonyl (C=O) groups is 4. The quantitative estimate of drug-likeness (QED) is 0.145. The summed E-state index contributed by atoms with van der Waals surface area (Å²) in [7, 11) is 3.16. The van der Waals surface area contributed by atoms with Crippen molar-refractivity contribution < 1.29 is 48.3 Å². The van der Waals surface area contributed by atoms with Gasteiger partial charge in [0.2, 0.25) is 5.79 Å². The first-order chi connectivity index (χ1) is 32.9. The van der Waals surface area contributed by atoms with Gasteiger partial charge in [0.15, 0.2) is 5.78 Å². The highest BCUT2D eigenvalue weighted by molar-refractivity contribution is 7.98. The van der Waals surface area contributed by atoms with E-state index in [-0.39, 0.29) is 60.0 Å². The minimum Gasteiger partial charge on any atom is -0.461 e. The number of ether oxygens (including phenoxy) is 4. The smallest absolute Gasteiger partial charge is 0.329 e. The van der Waals surface area contributed by atoms with Crippen molar-refractivity contribution in [2.75, 3.05) is 32.8 Å². The number of ketones is 2. The zero-order chi connectivity index (χ0) is 50.4. The highest BCUT2D eigenvalue weighted by Crippen LogP contribution is 2.40. The summed E-state index contributed by atoms with van der Waals surface area (Å²) < 4.78 is 26.2. The van der Waals surface area contributed by atoms with Gasteiger partial charge in [-0.1, -0.05) is 76.6 Å². The molecule has 4 aliphatic rings. The Kier molecular flexibility index (Phi) is 21.9. The Labute approximate surface area is 415 Å². The van der Waals surface area contributed by atoms with Crippen molar-refractivity contribution in [1.82, 2.24) is 25.1 Å². The van der Waals surface area contributed by atoms with Crippen molar-refractivity contribution >= 4 is 35.2 Å². The first-order valence-corrected chi connectivity index (χ1v) is 27.0. The molecule has 386 valence electrons. The van der Waals surface area contributed by atoms with Crippen LogP contribution in [0.4, 0.5) is 0 Å². The first kappa shape index (κ1) is 56.4. The molecule has 1 unspecified atom stereocenters. The number of Topliss-reactive ketones (excluding diaryl/α,β-unsaturated/α-hetero) is 2. The summed E-state index contributed by atoms with van der Waals surface area (Å²) in [5.41, 5.74) is 1.74. The largest absolute Gasteiger partial charge is 0.461 e. The maximum Gasteiger partial charge on any atom is 0.329 e. The summed E-state index contributed by atoms with van der Waals surface area (Å²) in [6.07, 6.45) is 20.6. The van der Waals surface area contributed by atoms with Gasteiger partial charge < -0.3 is 34.1 Å². The van der Waals surface area contributed by atoms with Crippen LogP contribution in [-0.2, 0) is 38.1 Å². The number of allylic oxidation sites excluding steroid dienone is 7. The number of carbonyl (C=O) groups excluding carboxylic acids is 4. The lowest BCUT2D eigenvalue weighted by Gasteiger charge is -2.43. The zero-order valence-electron chi connectivity index (χ0n) is 43.0. The number of rotatable bonds is 8. The van der Waals surface area contributed by atoms with Crippen molar-refractivity contribution in [3.05, 3.63) is 53.9 Å². The number of thioether (sulfide) groups is 1. The van der Waals surface area contributed by atoms with Gasteiger partial charge >= 0.3 is 5.97 Å². The number of fused-ring (bicyclic) bond motifs is 3. The number of amides is 1. The summed E-state index contributed by atoms with van der Waals surface area (Å²) in [6.45, 7) is 13.9. The minimum atomic E-state index is -2.34. The van der Waals surface area contributed by atoms with Gasteiger partial charge in [-0.05, 0) is 155 Å². The van der Waals surface area contributed by atoms with Gasteiger partial charge in [0.25, 0.3) is 11.7 Å². The van der Waals surface area contributed by atoms with Crippen LogP contribution < -0.4 is 0 Å². The van der Waals surface area contributed by atoms with Crippen LogP contribution in [-0.4, -0.2) is 134 Å². The first-order valence-electron chi connectivity index (χ1n) is 25.6. The molecule has 0 radical (unpaired) electrons. The molecular weight excluding hydrogens is 899 g/mol. The summed E-state index contributed by atoms with van der Waals surface area (Å²) in [4.78, 5) is 58.4. The predicted molar refractivity (Wildman–Crippen MR) is 267 cm³/mol. The Bertz CT molecular complexity index is 1960. The number of methoxy groups -OCH3 is 2. The van der Waals surface area contributed by atoms with Crippen molar-refractivity contribution in [3.8, 4) is 0 Å². The molecule has 1 aromatic heterocycles. The molecule has 1 aliphatic carbocycles. The monoisotopic (exact) mass is 982 g/mol. The second-order valence-corrected chi connectivity index (χ2v) is 21.8. The van der Waals surface area contributed by atoms with Crippen LogP contribution in [0.25, 0.3) is 0 Å². The molecule has 0 spiro atoms. The second-order valence-electron chi connectivity index (χ2n) is 20.9. The van der Waals surface area contributed by atoms with E-state index in [9.17, 15) is 29.4 Å². The molecule has 1 amide bonds. The average molecular weight is 982 g/mol. The summed E-state index contributed by atoms with van der Waals surface area (Å²) in [5, 5.41) is 35.4. The molecule has 0 aromatic carbocycles. The molecule has 1 aromatic rings. The number of aliphatic hydroxyl groups is 2.